The molecule has 0 aliphatic heterocycles. The number of benzene rings is 1. The first kappa shape index (κ1) is 15.4. The summed E-state index contributed by atoms with van der Waals surface area (Å²) >= 11 is 4.41. The van der Waals surface area contributed by atoms with Crippen molar-refractivity contribution < 1.29 is 13.2 Å². The quantitative estimate of drug-likeness (QED) is 0.836. The van der Waals surface area contributed by atoms with Crippen LogP contribution in [0.4, 0.5) is 5.13 Å². The lowest BCUT2D eigenvalue weighted by Gasteiger charge is -2.04. The van der Waals surface area contributed by atoms with Crippen LogP contribution >= 0.6 is 27.3 Å². The van der Waals surface area contributed by atoms with E-state index in [1.807, 2.05) is 6.92 Å². The van der Waals surface area contributed by atoms with Gasteiger partial charge in [-0.05, 0) is 31.2 Å². The first-order chi connectivity index (χ1) is 9.51. The SMILES string of the molecule is CCOCc1nnc(NS(=O)(=O)c2ccc(Br)cc2)s1. The normalized spacial score (nSPS) is 11.5. The van der Waals surface area contributed by atoms with Crippen LogP contribution in [0.3, 0.4) is 0 Å². The van der Waals surface area contributed by atoms with Crippen LogP contribution in [-0.4, -0.2) is 25.2 Å². The molecule has 1 aromatic heterocycles. The Labute approximate surface area is 129 Å². The van der Waals surface area contributed by atoms with Crippen LogP contribution in [0.5, 0.6) is 0 Å². The minimum absolute atomic E-state index is 0.169. The zero-order valence-electron chi connectivity index (χ0n) is 10.5. The third-order valence-corrected chi connectivity index (χ3v) is 5.07. The van der Waals surface area contributed by atoms with Crippen molar-refractivity contribution in [1.29, 1.82) is 0 Å². The minimum Gasteiger partial charge on any atom is -0.374 e. The summed E-state index contributed by atoms with van der Waals surface area (Å²) in [6.07, 6.45) is 0. The summed E-state index contributed by atoms with van der Waals surface area (Å²) in [6, 6.07) is 6.34. The number of sulfonamides is 1. The molecule has 0 aliphatic rings. The number of ether oxygens (including phenoxy) is 1. The number of hydrogen-bond donors (Lipinski definition) is 1. The molecule has 0 unspecified atom stereocenters. The topological polar surface area (TPSA) is 81.2 Å². The van der Waals surface area contributed by atoms with E-state index in [0.717, 1.165) is 15.8 Å². The fraction of sp³-hybridized carbons (Fsp3) is 0.273. The molecule has 0 aliphatic carbocycles. The Morgan fingerprint density at radius 1 is 1.30 bits per heavy atom. The molecule has 0 saturated carbocycles. The summed E-state index contributed by atoms with van der Waals surface area (Å²) in [5.41, 5.74) is 0. The van der Waals surface area contributed by atoms with Crippen LogP contribution in [0.2, 0.25) is 0 Å². The fourth-order valence-corrected chi connectivity index (χ4v) is 3.50. The van der Waals surface area contributed by atoms with Crippen molar-refractivity contribution in [1.82, 2.24) is 10.2 Å². The Hall–Kier alpha value is -1.03. The largest absolute Gasteiger partial charge is 0.374 e. The van der Waals surface area contributed by atoms with E-state index in [4.69, 9.17) is 4.74 Å². The molecule has 0 spiro atoms. The third kappa shape index (κ3) is 3.98. The van der Waals surface area contributed by atoms with Crippen LogP contribution in [0, 0.1) is 0 Å². The third-order valence-electron chi connectivity index (χ3n) is 2.24. The van der Waals surface area contributed by atoms with Crippen LogP contribution in [-0.2, 0) is 21.4 Å². The first-order valence-electron chi connectivity index (χ1n) is 5.70. The van der Waals surface area contributed by atoms with Crippen LogP contribution < -0.4 is 4.72 Å². The molecule has 1 aromatic carbocycles. The molecular weight excluding hydrogens is 366 g/mol. The van der Waals surface area contributed by atoms with E-state index in [9.17, 15) is 8.42 Å². The van der Waals surface area contributed by atoms with Crippen LogP contribution in [0.1, 0.15) is 11.9 Å². The van der Waals surface area contributed by atoms with Gasteiger partial charge >= 0.3 is 0 Å². The highest BCUT2D eigenvalue weighted by atomic mass is 79.9. The molecule has 0 atom stereocenters. The maximum atomic E-state index is 12.1. The summed E-state index contributed by atoms with van der Waals surface area (Å²) in [7, 11) is -3.64. The Morgan fingerprint density at radius 3 is 2.65 bits per heavy atom. The summed E-state index contributed by atoms with van der Waals surface area (Å²) < 4.78 is 32.6. The summed E-state index contributed by atoms with van der Waals surface area (Å²) in [5.74, 6) is 0. The van der Waals surface area contributed by atoms with E-state index in [2.05, 4.69) is 30.8 Å². The maximum Gasteiger partial charge on any atom is 0.263 e. The van der Waals surface area contributed by atoms with Crippen LogP contribution in [0.25, 0.3) is 0 Å². The van der Waals surface area contributed by atoms with Crippen molar-refractivity contribution in [2.45, 2.75) is 18.4 Å². The van der Waals surface area contributed by atoms with Gasteiger partial charge in [0.05, 0.1) is 4.90 Å². The molecule has 1 N–H and O–H groups in total. The molecule has 108 valence electrons. The maximum absolute atomic E-state index is 12.1. The van der Waals surface area contributed by atoms with Gasteiger partial charge in [0.1, 0.15) is 11.6 Å². The molecule has 0 bridgehead atoms. The van der Waals surface area contributed by atoms with E-state index in [-0.39, 0.29) is 10.0 Å². The molecule has 9 heteroatoms. The highest BCUT2D eigenvalue weighted by Crippen LogP contribution is 2.21. The van der Waals surface area contributed by atoms with Crippen LogP contribution in [0.15, 0.2) is 33.6 Å². The minimum atomic E-state index is -3.64. The fourth-order valence-electron chi connectivity index (χ4n) is 1.33. The molecule has 0 amide bonds. The Bertz CT molecular complexity index is 670. The Morgan fingerprint density at radius 2 is 2.00 bits per heavy atom. The summed E-state index contributed by atoms with van der Waals surface area (Å²) in [6.45, 7) is 2.77. The smallest absolute Gasteiger partial charge is 0.263 e. The second-order valence-corrected chi connectivity index (χ2v) is 7.36. The standard InChI is InChI=1S/C11H12BrN3O3S2/c1-2-18-7-10-13-14-11(19-10)15-20(16,17)9-5-3-8(12)4-6-9/h3-6H,2,7H2,1H3,(H,14,15). The number of nitrogens with zero attached hydrogens (tertiary/aromatic N) is 2. The molecule has 0 radical (unpaired) electrons. The van der Waals surface area contributed by atoms with Crippen molar-refractivity contribution >= 4 is 42.4 Å². The van der Waals surface area contributed by atoms with Gasteiger partial charge in [-0.15, -0.1) is 10.2 Å². The first-order valence-corrected chi connectivity index (χ1v) is 8.79. The van der Waals surface area contributed by atoms with Gasteiger partial charge in [0.15, 0.2) is 0 Å². The zero-order valence-corrected chi connectivity index (χ0v) is 13.8. The van der Waals surface area contributed by atoms with Gasteiger partial charge in [-0.3, -0.25) is 4.72 Å². The number of rotatable bonds is 6. The van der Waals surface area contributed by atoms with Crippen molar-refractivity contribution in [3.8, 4) is 0 Å². The van der Waals surface area contributed by atoms with E-state index >= 15 is 0 Å². The van der Waals surface area contributed by atoms with Gasteiger partial charge in [0.25, 0.3) is 10.0 Å². The van der Waals surface area contributed by atoms with Crippen molar-refractivity contribution in [2.24, 2.45) is 0 Å². The van der Waals surface area contributed by atoms with Gasteiger partial charge in [0, 0.05) is 11.1 Å². The van der Waals surface area contributed by atoms with E-state index in [1.54, 1.807) is 12.1 Å². The van der Waals surface area contributed by atoms with Gasteiger partial charge < -0.3 is 4.74 Å². The number of nitrogens with one attached hydrogen (secondary N) is 1. The lowest BCUT2D eigenvalue weighted by Crippen LogP contribution is -2.12. The van der Waals surface area contributed by atoms with Crippen molar-refractivity contribution in [3.63, 3.8) is 0 Å². The lowest BCUT2D eigenvalue weighted by atomic mass is 10.4. The van der Waals surface area contributed by atoms with Gasteiger partial charge in [-0.1, -0.05) is 27.3 Å². The Balaban J connectivity index is 2.12. The van der Waals surface area contributed by atoms with Gasteiger partial charge in [0.2, 0.25) is 5.13 Å². The molecule has 20 heavy (non-hydrogen) atoms. The second kappa shape index (κ2) is 6.61. The highest BCUT2D eigenvalue weighted by Gasteiger charge is 2.16. The predicted octanol–water partition coefficient (Wildman–Crippen LogP) is 2.64. The molecule has 6 nitrogen and oxygen atoms in total. The molecule has 2 aromatic rings. The molecule has 0 fully saturated rings. The van der Waals surface area contributed by atoms with Crippen molar-refractivity contribution in [2.75, 3.05) is 11.3 Å². The molecule has 1 heterocycles. The summed E-state index contributed by atoms with van der Waals surface area (Å²) in [5, 5.41) is 8.49. The molecular formula is C11H12BrN3O3S2. The van der Waals surface area contributed by atoms with Gasteiger partial charge in [-0.25, -0.2) is 8.42 Å². The number of halogens is 1. The monoisotopic (exact) mass is 377 g/mol. The highest BCUT2D eigenvalue weighted by molar-refractivity contribution is 9.10. The number of hydrogen-bond acceptors (Lipinski definition) is 6. The summed E-state index contributed by atoms with van der Waals surface area (Å²) in [4.78, 5) is 0.169. The number of aromatic nitrogens is 2. The van der Waals surface area contributed by atoms with Crippen molar-refractivity contribution in [3.05, 3.63) is 33.7 Å². The number of anilines is 1. The molecule has 2 rings (SSSR count). The predicted molar refractivity (Wildman–Crippen MR) is 80.2 cm³/mol. The van der Waals surface area contributed by atoms with E-state index < -0.39 is 10.0 Å². The average Bonchev–Trinajstić information content (AvgIpc) is 2.83. The Kier molecular flexibility index (Phi) is 5.08. The second-order valence-electron chi connectivity index (χ2n) is 3.70. The lowest BCUT2D eigenvalue weighted by molar-refractivity contribution is 0.133. The van der Waals surface area contributed by atoms with E-state index in [1.165, 1.54) is 12.1 Å². The average molecular weight is 378 g/mol. The zero-order chi connectivity index (χ0) is 14.6. The molecule has 0 saturated heterocycles. The van der Waals surface area contributed by atoms with Gasteiger partial charge in [-0.2, -0.15) is 0 Å². The van der Waals surface area contributed by atoms with E-state index in [0.29, 0.717) is 18.2 Å².